The number of amides is 1. The van der Waals surface area contributed by atoms with Gasteiger partial charge in [0.05, 0.1) is 24.8 Å². The summed E-state index contributed by atoms with van der Waals surface area (Å²) < 4.78 is 5.37. The molecule has 0 radical (unpaired) electrons. The van der Waals surface area contributed by atoms with Crippen LogP contribution in [0.5, 0.6) is 0 Å². The summed E-state index contributed by atoms with van der Waals surface area (Å²) in [6.07, 6.45) is 0.583. The van der Waals surface area contributed by atoms with E-state index in [-0.39, 0.29) is 5.91 Å². The van der Waals surface area contributed by atoms with E-state index >= 15 is 0 Å². The van der Waals surface area contributed by atoms with Gasteiger partial charge in [0, 0.05) is 58.8 Å². The van der Waals surface area contributed by atoms with Crippen LogP contribution < -0.4 is 0 Å². The quantitative estimate of drug-likeness (QED) is 0.797. The zero-order valence-electron chi connectivity index (χ0n) is 14.7. The third kappa shape index (κ3) is 5.27. The molecule has 25 heavy (non-hydrogen) atoms. The lowest BCUT2D eigenvalue weighted by Crippen LogP contribution is -2.43. The van der Waals surface area contributed by atoms with Crippen LogP contribution in [0, 0.1) is 11.3 Å². The minimum atomic E-state index is 0.260. The first-order valence-corrected chi connectivity index (χ1v) is 9.04. The number of nitriles is 1. The Balaban J connectivity index is 1.48. The van der Waals surface area contributed by atoms with Crippen molar-refractivity contribution in [3.8, 4) is 6.07 Å². The highest BCUT2D eigenvalue weighted by molar-refractivity contribution is 5.76. The van der Waals surface area contributed by atoms with Gasteiger partial charge in [-0.3, -0.25) is 14.6 Å². The molecular formula is C19H26N4O2. The number of ether oxygens (including phenoxy) is 1. The van der Waals surface area contributed by atoms with E-state index < -0.39 is 0 Å². The molecule has 2 fully saturated rings. The Labute approximate surface area is 149 Å². The average molecular weight is 342 g/mol. The largest absolute Gasteiger partial charge is 0.379 e. The minimum absolute atomic E-state index is 0.260. The third-order valence-electron chi connectivity index (χ3n) is 4.96. The fraction of sp³-hybridized carbons (Fsp3) is 0.579. The van der Waals surface area contributed by atoms with E-state index in [2.05, 4.69) is 15.9 Å². The van der Waals surface area contributed by atoms with E-state index in [9.17, 15) is 4.79 Å². The predicted molar refractivity (Wildman–Crippen MR) is 94.9 cm³/mol. The van der Waals surface area contributed by atoms with Gasteiger partial charge in [0.25, 0.3) is 0 Å². The molecule has 1 aromatic carbocycles. The average Bonchev–Trinajstić information content (AvgIpc) is 2.83. The van der Waals surface area contributed by atoms with Crippen molar-refractivity contribution < 1.29 is 9.53 Å². The smallest absolute Gasteiger partial charge is 0.223 e. The van der Waals surface area contributed by atoms with Gasteiger partial charge in [-0.25, -0.2) is 0 Å². The molecule has 1 aromatic rings. The van der Waals surface area contributed by atoms with Gasteiger partial charge < -0.3 is 9.64 Å². The monoisotopic (exact) mass is 342 g/mol. The molecule has 0 saturated carbocycles. The summed E-state index contributed by atoms with van der Waals surface area (Å²) in [7, 11) is 0. The molecule has 0 atom stereocenters. The van der Waals surface area contributed by atoms with Crippen LogP contribution in [-0.4, -0.2) is 79.6 Å². The van der Waals surface area contributed by atoms with Crippen molar-refractivity contribution in [3.63, 3.8) is 0 Å². The minimum Gasteiger partial charge on any atom is -0.379 e. The highest BCUT2D eigenvalue weighted by atomic mass is 16.5. The zero-order chi connectivity index (χ0) is 17.5. The molecular weight excluding hydrogens is 316 g/mol. The first-order valence-electron chi connectivity index (χ1n) is 9.04. The highest BCUT2D eigenvalue weighted by Crippen LogP contribution is 2.11. The fourth-order valence-electron chi connectivity index (χ4n) is 3.33. The number of hydrogen-bond donors (Lipinski definition) is 0. The van der Waals surface area contributed by atoms with E-state index in [1.54, 1.807) is 0 Å². The second-order valence-corrected chi connectivity index (χ2v) is 6.67. The Morgan fingerprint density at radius 2 is 1.72 bits per heavy atom. The molecule has 1 amide bonds. The third-order valence-corrected chi connectivity index (χ3v) is 4.96. The lowest BCUT2D eigenvalue weighted by Gasteiger charge is -2.29. The summed E-state index contributed by atoms with van der Waals surface area (Å²) in [4.78, 5) is 19.1. The zero-order valence-corrected chi connectivity index (χ0v) is 14.7. The molecule has 0 aromatic heterocycles. The molecule has 134 valence electrons. The van der Waals surface area contributed by atoms with Crippen LogP contribution >= 0.6 is 0 Å². The van der Waals surface area contributed by atoms with Crippen LogP contribution in [-0.2, 0) is 16.1 Å². The number of carbonyl (C=O) groups excluding carboxylic acids is 1. The number of benzene rings is 1. The molecule has 0 bridgehead atoms. The van der Waals surface area contributed by atoms with Crippen molar-refractivity contribution >= 4 is 5.91 Å². The molecule has 2 aliphatic rings. The Morgan fingerprint density at radius 1 is 0.960 bits per heavy atom. The molecule has 6 heteroatoms. The Bertz CT molecular complexity index is 605. The maximum atomic E-state index is 12.4. The highest BCUT2D eigenvalue weighted by Gasteiger charge is 2.21. The van der Waals surface area contributed by atoms with Crippen molar-refractivity contribution in [2.75, 3.05) is 59.0 Å². The molecule has 3 rings (SSSR count). The number of nitrogens with zero attached hydrogens (tertiary/aromatic N) is 4. The fourth-order valence-corrected chi connectivity index (χ4v) is 3.33. The summed E-state index contributed by atoms with van der Waals surface area (Å²) >= 11 is 0. The van der Waals surface area contributed by atoms with Crippen molar-refractivity contribution in [1.29, 1.82) is 5.26 Å². The normalized spacial score (nSPS) is 20.3. The van der Waals surface area contributed by atoms with Gasteiger partial charge in [-0.2, -0.15) is 5.26 Å². The first-order chi connectivity index (χ1) is 12.2. The van der Waals surface area contributed by atoms with Gasteiger partial charge in [-0.15, -0.1) is 0 Å². The standard InChI is InChI=1S/C19H26N4O2/c20-15-17-1-3-18(4-2-17)16-22-6-5-19(24)23(10-8-22)9-7-21-11-13-25-14-12-21/h1-4H,5-14,16H2. The summed E-state index contributed by atoms with van der Waals surface area (Å²) in [6.45, 7) is 8.59. The summed E-state index contributed by atoms with van der Waals surface area (Å²) in [5, 5.41) is 8.88. The second kappa shape index (κ2) is 8.95. The van der Waals surface area contributed by atoms with Crippen LogP contribution in [0.3, 0.4) is 0 Å². The van der Waals surface area contributed by atoms with Crippen LogP contribution in [0.25, 0.3) is 0 Å². The predicted octanol–water partition coefficient (Wildman–Crippen LogP) is 0.925. The number of rotatable bonds is 5. The number of morpholine rings is 1. The van der Waals surface area contributed by atoms with Crippen molar-refractivity contribution in [1.82, 2.24) is 14.7 Å². The molecule has 0 N–H and O–H groups in total. The molecule has 0 spiro atoms. The van der Waals surface area contributed by atoms with Crippen LogP contribution in [0.15, 0.2) is 24.3 Å². The van der Waals surface area contributed by atoms with Crippen molar-refractivity contribution in [2.45, 2.75) is 13.0 Å². The summed E-state index contributed by atoms with van der Waals surface area (Å²) in [5.74, 6) is 0.260. The summed E-state index contributed by atoms with van der Waals surface area (Å²) in [5.41, 5.74) is 1.87. The Morgan fingerprint density at radius 3 is 2.44 bits per heavy atom. The summed E-state index contributed by atoms with van der Waals surface area (Å²) in [6, 6.07) is 9.85. The van der Waals surface area contributed by atoms with Crippen LogP contribution in [0.4, 0.5) is 0 Å². The van der Waals surface area contributed by atoms with Gasteiger partial charge in [0.1, 0.15) is 0 Å². The Hall–Kier alpha value is -1.94. The molecule has 2 heterocycles. The van der Waals surface area contributed by atoms with E-state index in [4.69, 9.17) is 10.00 Å². The number of hydrogen-bond acceptors (Lipinski definition) is 5. The van der Waals surface area contributed by atoms with Gasteiger partial charge in [0.15, 0.2) is 0 Å². The maximum Gasteiger partial charge on any atom is 0.223 e. The van der Waals surface area contributed by atoms with Gasteiger partial charge in [-0.1, -0.05) is 12.1 Å². The Kier molecular flexibility index (Phi) is 6.40. The van der Waals surface area contributed by atoms with Crippen molar-refractivity contribution in [2.24, 2.45) is 0 Å². The van der Waals surface area contributed by atoms with Gasteiger partial charge in [0.2, 0.25) is 5.91 Å². The SMILES string of the molecule is N#Cc1ccc(CN2CCC(=O)N(CCN3CCOCC3)CC2)cc1. The second-order valence-electron chi connectivity index (χ2n) is 6.67. The topological polar surface area (TPSA) is 59.8 Å². The van der Waals surface area contributed by atoms with E-state index in [0.29, 0.717) is 12.0 Å². The molecule has 2 aliphatic heterocycles. The van der Waals surface area contributed by atoms with Gasteiger partial charge >= 0.3 is 0 Å². The molecule has 2 saturated heterocycles. The van der Waals surface area contributed by atoms with Gasteiger partial charge in [-0.05, 0) is 17.7 Å². The number of carbonyl (C=O) groups is 1. The lowest BCUT2D eigenvalue weighted by atomic mass is 10.1. The van der Waals surface area contributed by atoms with Crippen molar-refractivity contribution in [3.05, 3.63) is 35.4 Å². The van der Waals surface area contributed by atoms with E-state index in [1.165, 1.54) is 5.56 Å². The van der Waals surface area contributed by atoms with Crippen LogP contribution in [0.1, 0.15) is 17.5 Å². The molecule has 6 nitrogen and oxygen atoms in total. The molecule has 0 aliphatic carbocycles. The maximum absolute atomic E-state index is 12.4. The van der Waals surface area contributed by atoms with E-state index in [0.717, 1.165) is 65.6 Å². The first kappa shape index (κ1) is 17.9. The van der Waals surface area contributed by atoms with Crippen LogP contribution in [0.2, 0.25) is 0 Å². The van der Waals surface area contributed by atoms with E-state index in [1.807, 2.05) is 29.2 Å². The lowest BCUT2D eigenvalue weighted by molar-refractivity contribution is -0.130. The molecule has 0 unspecified atom stereocenters.